The van der Waals surface area contributed by atoms with Gasteiger partial charge < -0.3 is 5.11 Å². The zero-order chi connectivity index (χ0) is 15.6. The van der Waals surface area contributed by atoms with E-state index >= 15 is 0 Å². The summed E-state index contributed by atoms with van der Waals surface area (Å²) in [4.78, 5) is 14.9. The first-order valence-corrected chi connectivity index (χ1v) is 7.86. The van der Waals surface area contributed by atoms with Crippen LogP contribution >= 0.6 is 11.3 Å². The van der Waals surface area contributed by atoms with Gasteiger partial charge in [-0.2, -0.15) is 5.26 Å². The number of aryl methyl sites for hydroxylation is 1. The quantitative estimate of drug-likeness (QED) is 0.885. The Morgan fingerprint density at radius 1 is 1.48 bits per heavy atom. The van der Waals surface area contributed by atoms with Gasteiger partial charge in [0.05, 0.1) is 5.56 Å². The number of aromatic nitrogens is 1. The van der Waals surface area contributed by atoms with Crippen molar-refractivity contribution in [3.8, 4) is 6.07 Å². The van der Waals surface area contributed by atoms with E-state index in [0.29, 0.717) is 10.4 Å². The van der Waals surface area contributed by atoms with Gasteiger partial charge in [0, 0.05) is 11.1 Å². The fraction of sp³-hybridized carbons (Fsp3) is 0.0833. The lowest BCUT2D eigenvalue weighted by molar-refractivity contribution is 0.0702. The van der Waals surface area contributed by atoms with Gasteiger partial charge in [-0.3, -0.25) is 4.72 Å². The maximum Gasteiger partial charge on any atom is 0.345 e. The number of thiophene rings is 1. The lowest BCUT2D eigenvalue weighted by atomic mass is 10.3. The van der Waals surface area contributed by atoms with E-state index in [1.165, 1.54) is 25.3 Å². The third-order valence-corrected chi connectivity index (χ3v) is 5.15. The van der Waals surface area contributed by atoms with Gasteiger partial charge in [-0.15, -0.1) is 11.3 Å². The maximum atomic E-state index is 12.2. The fourth-order valence-electron chi connectivity index (χ4n) is 1.55. The molecule has 0 fully saturated rings. The van der Waals surface area contributed by atoms with Crippen molar-refractivity contribution < 1.29 is 18.3 Å². The van der Waals surface area contributed by atoms with E-state index in [9.17, 15) is 13.2 Å². The predicted octanol–water partition coefficient (Wildman–Crippen LogP) is 1.82. The molecule has 0 spiro atoms. The smallest absolute Gasteiger partial charge is 0.345 e. The molecule has 0 atom stereocenters. The number of hydrogen-bond acceptors (Lipinski definition) is 6. The van der Waals surface area contributed by atoms with Crippen LogP contribution in [0.25, 0.3) is 0 Å². The Morgan fingerprint density at radius 3 is 2.67 bits per heavy atom. The molecule has 0 unspecified atom stereocenters. The summed E-state index contributed by atoms with van der Waals surface area (Å²) in [7, 11) is -3.92. The number of nitrogens with zero attached hydrogens (tertiary/aromatic N) is 2. The van der Waals surface area contributed by atoms with E-state index in [4.69, 9.17) is 10.4 Å². The highest BCUT2D eigenvalue weighted by atomic mass is 32.2. The van der Waals surface area contributed by atoms with Gasteiger partial charge in [-0.1, -0.05) is 0 Å². The van der Waals surface area contributed by atoms with Gasteiger partial charge in [0.2, 0.25) is 0 Å². The third-order valence-electron chi connectivity index (χ3n) is 2.50. The lowest BCUT2D eigenvalue weighted by Crippen LogP contribution is -2.14. The van der Waals surface area contributed by atoms with Crippen molar-refractivity contribution in [2.75, 3.05) is 4.72 Å². The van der Waals surface area contributed by atoms with Gasteiger partial charge in [-0.25, -0.2) is 18.2 Å². The Balaban J connectivity index is 2.33. The number of anilines is 1. The summed E-state index contributed by atoms with van der Waals surface area (Å²) >= 11 is 0.884. The number of nitrogens with one attached hydrogen (secondary N) is 1. The molecule has 0 bridgehead atoms. The number of aromatic carboxylic acids is 1. The van der Waals surface area contributed by atoms with Crippen LogP contribution in [0.1, 0.15) is 20.1 Å². The van der Waals surface area contributed by atoms with Crippen LogP contribution in [0.5, 0.6) is 0 Å². The van der Waals surface area contributed by atoms with Crippen LogP contribution < -0.4 is 4.72 Å². The Labute approximate surface area is 124 Å². The molecule has 0 amide bonds. The van der Waals surface area contributed by atoms with Crippen LogP contribution in [0.3, 0.4) is 0 Å². The van der Waals surface area contributed by atoms with Crippen LogP contribution in [-0.2, 0) is 10.0 Å². The number of carboxylic acid groups (broad SMARTS) is 1. The summed E-state index contributed by atoms with van der Waals surface area (Å²) in [5.74, 6) is -1.13. The zero-order valence-corrected chi connectivity index (χ0v) is 12.3. The van der Waals surface area contributed by atoms with Gasteiger partial charge in [0.25, 0.3) is 10.0 Å². The second kappa shape index (κ2) is 5.51. The molecule has 2 aromatic rings. The number of nitriles is 1. The summed E-state index contributed by atoms with van der Waals surface area (Å²) in [5, 5.41) is 17.5. The summed E-state index contributed by atoms with van der Waals surface area (Å²) in [6, 6.07) is 5.76. The lowest BCUT2D eigenvalue weighted by Gasteiger charge is -2.06. The second-order valence-electron chi connectivity index (χ2n) is 3.99. The molecular weight excluding hydrogens is 314 g/mol. The van der Waals surface area contributed by atoms with Crippen LogP contribution in [0.4, 0.5) is 5.82 Å². The molecule has 21 heavy (non-hydrogen) atoms. The summed E-state index contributed by atoms with van der Waals surface area (Å²) in [5.41, 5.74) is 0.304. The fourth-order valence-corrected chi connectivity index (χ4v) is 3.99. The Kier molecular flexibility index (Phi) is 3.93. The summed E-state index contributed by atoms with van der Waals surface area (Å²) in [6.07, 6.45) is 1.24. The van der Waals surface area contributed by atoms with Crippen LogP contribution in [0.15, 0.2) is 29.3 Å². The first-order valence-electron chi connectivity index (χ1n) is 5.56. The van der Waals surface area contributed by atoms with Gasteiger partial charge in [-0.05, 0) is 25.1 Å². The Morgan fingerprint density at radius 2 is 2.19 bits per heavy atom. The molecule has 0 radical (unpaired) electrons. The Hall–Kier alpha value is -2.44. The molecule has 0 aromatic carbocycles. The molecule has 0 aliphatic heterocycles. The molecule has 9 heteroatoms. The van der Waals surface area contributed by atoms with Crippen molar-refractivity contribution in [2.24, 2.45) is 0 Å². The topological polar surface area (TPSA) is 120 Å². The van der Waals surface area contributed by atoms with E-state index in [1.54, 1.807) is 0 Å². The van der Waals surface area contributed by atoms with Gasteiger partial charge in [0.15, 0.2) is 0 Å². The van der Waals surface area contributed by atoms with Gasteiger partial charge >= 0.3 is 5.97 Å². The zero-order valence-electron chi connectivity index (χ0n) is 10.7. The van der Waals surface area contributed by atoms with E-state index in [-0.39, 0.29) is 15.6 Å². The SMILES string of the molecule is Cc1sc(C(=O)O)cc1S(=O)(=O)Nc1ccc(C#N)cn1. The number of sulfonamides is 1. The highest BCUT2D eigenvalue weighted by Crippen LogP contribution is 2.27. The highest BCUT2D eigenvalue weighted by molar-refractivity contribution is 7.93. The van der Waals surface area contributed by atoms with E-state index < -0.39 is 16.0 Å². The average Bonchev–Trinajstić information content (AvgIpc) is 2.82. The molecule has 2 N–H and O–H groups in total. The van der Waals surface area contributed by atoms with Crippen molar-refractivity contribution in [1.82, 2.24) is 4.98 Å². The number of carbonyl (C=O) groups is 1. The normalized spacial score (nSPS) is 10.9. The molecule has 0 aliphatic rings. The molecule has 0 saturated heterocycles. The average molecular weight is 323 g/mol. The predicted molar refractivity (Wildman–Crippen MR) is 75.8 cm³/mol. The number of hydrogen-bond donors (Lipinski definition) is 2. The summed E-state index contributed by atoms with van der Waals surface area (Å²) in [6.45, 7) is 1.53. The van der Waals surface area contributed by atoms with Crippen molar-refractivity contribution in [3.63, 3.8) is 0 Å². The van der Waals surface area contributed by atoms with Gasteiger partial charge in [0.1, 0.15) is 21.7 Å². The number of pyridine rings is 1. The molecule has 2 aromatic heterocycles. The van der Waals surface area contributed by atoms with Crippen molar-refractivity contribution in [1.29, 1.82) is 5.26 Å². The maximum absolute atomic E-state index is 12.2. The molecule has 2 rings (SSSR count). The first-order chi connectivity index (χ1) is 9.83. The minimum absolute atomic E-state index is 0.0523. The third kappa shape index (κ3) is 3.18. The van der Waals surface area contributed by atoms with E-state index in [1.807, 2.05) is 6.07 Å². The van der Waals surface area contributed by atoms with Crippen LogP contribution in [0.2, 0.25) is 0 Å². The molecule has 108 valence electrons. The van der Waals surface area contributed by atoms with E-state index in [2.05, 4.69) is 9.71 Å². The highest BCUT2D eigenvalue weighted by Gasteiger charge is 2.22. The molecule has 2 heterocycles. The first kappa shape index (κ1) is 15.0. The molecule has 0 saturated carbocycles. The largest absolute Gasteiger partial charge is 0.477 e. The van der Waals surface area contributed by atoms with Crippen LogP contribution in [-0.4, -0.2) is 24.5 Å². The van der Waals surface area contributed by atoms with Crippen LogP contribution in [0, 0.1) is 18.3 Å². The standard InChI is InChI=1S/C12H9N3O4S2/c1-7-10(4-9(20-7)12(16)17)21(18,19)15-11-3-2-8(5-13)6-14-11/h2-4,6H,1H3,(H,14,15)(H,16,17). The Bertz CT molecular complexity index is 832. The monoisotopic (exact) mass is 323 g/mol. The molecule has 0 aliphatic carbocycles. The van der Waals surface area contributed by atoms with Crippen molar-refractivity contribution in [2.45, 2.75) is 11.8 Å². The van der Waals surface area contributed by atoms with Crippen molar-refractivity contribution >= 4 is 33.1 Å². The number of carboxylic acids is 1. The minimum atomic E-state index is -3.92. The minimum Gasteiger partial charge on any atom is -0.477 e. The van der Waals surface area contributed by atoms with E-state index in [0.717, 1.165) is 17.4 Å². The second-order valence-corrected chi connectivity index (χ2v) is 6.89. The number of rotatable bonds is 4. The molecular formula is C12H9N3O4S2. The molecule has 7 nitrogen and oxygen atoms in total. The summed E-state index contributed by atoms with van der Waals surface area (Å²) < 4.78 is 26.7. The van der Waals surface area contributed by atoms with Crippen molar-refractivity contribution in [3.05, 3.63) is 39.7 Å².